The minimum absolute atomic E-state index is 0.00257. The fourth-order valence-electron chi connectivity index (χ4n) is 6.05. The van der Waals surface area contributed by atoms with Crippen LogP contribution in [0.3, 0.4) is 0 Å². The second-order valence-electron chi connectivity index (χ2n) is 12.3. The fourth-order valence-corrected chi connectivity index (χ4v) is 7.32. The minimum atomic E-state index is -4.02. The molecule has 0 aliphatic heterocycles. The maximum atomic E-state index is 14.8. The van der Waals surface area contributed by atoms with Gasteiger partial charge in [0.15, 0.2) is 6.73 Å². The number of hydrogen-bond donors (Lipinski definition) is 1. The minimum Gasteiger partial charge on any atom is -0.382 e. The van der Waals surface area contributed by atoms with Crippen molar-refractivity contribution >= 4 is 27.5 Å². The highest BCUT2D eigenvalue weighted by Gasteiger charge is 2.44. The van der Waals surface area contributed by atoms with Crippen LogP contribution in [0.15, 0.2) is 119 Å². The van der Waals surface area contributed by atoms with E-state index in [4.69, 9.17) is 14.0 Å². The number of benzene rings is 4. The van der Waals surface area contributed by atoms with E-state index in [1.807, 2.05) is 74.5 Å². The summed E-state index contributed by atoms with van der Waals surface area (Å²) in [4.78, 5) is 14.9. The van der Waals surface area contributed by atoms with Crippen molar-refractivity contribution in [3.8, 4) is 11.1 Å². The molecular weight excluding hydrogens is 639 g/mol. The van der Waals surface area contributed by atoms with Crippen LogP contribution in [0.25, 0.3) is 11.1 Å². The fraction of sp³-hybridized carbons (Fsp3) is 0.282. The Bertz CT molecular complexity index is 1900. The second kappa shape index (κ2) is 15.7. The molecular formula is C39H44N3O6S+. The highest BCUT2D eigenvalue weighted by Crippen LogP contribution is 2.37. The number of ether oxygens (including phenoxy) is 2. The molecule has 0 spiro atoms. The van der Waals surface area contributed by atoms with Crippen LogP contribution >= 0.6 is 0 Å². The van der Waals surface area contributed by atoms with Crippen LogP contribution < -0.4 is 9.21 Å². The molecule has 1 atom stereocenters. The molecule has 1 N–H and O–H groups in total. The van der Waals surface area contributed by atoms with Crippen molar-refractivity contribution in [3.05, 3.63) is 132 Å². The predicted octanol–water partition coefficient (Wildman–Crippen LogP) is 7.84. The van der Waals surface area contributed by atoms with Gasteiger partial charge < -0.3 is 14.0 Å². The second-order valence-corrected chi connectivity index (χ2v) is 14.0. The van der Waals surface area contributed by atoms with Crippen molar-refractivity contribution < 1.29 is 27.2 Å². The number of rotatable bonds is 15. The summed E-state index contributed by atoms with van der Waals surface area (Å²) in [6.45, 7) is 8.37. The Labute approximate surface area is 289 Å². The average molecular weight is 683 g/mol. The van der Waals surface area contributed by atoms with Gasteiger partial charge in [-0.3, -0.25) is 0 Å². The van der Waals surface area contributed by atoms with Gasteiger partial charge in [-0.25, -0.2) is 22.4 Å². The summed E-state index contributed by atoms with van der Waals surface area (Å²) in [7, 11) is -2.41. The monoisotopic (exact) mass is 682 g/mol. The molecule has 256 valence electrons. The van der Waals surface area contributed by atoms with Crippen molar-refractivity contribution in [2.24, 2.45) is 0 Å². The highest BCUT2D eigenvalue weighted by molar-refractivity contribution is 7.92. The molecule has 0 aliphatic rings. The Hall–Kier alpha value is -4.61. The van der Waals surface area contributed by atoms with Crippen LogP contribution in [0, 0.1) is 13.8 Å². The SMILES string of the molecule is COCCOC[N+](C(=O)CC(c1ccccc1)c1ccccc1)(c1ccc(-c2ccccc2S(=O)(=O)Nc2onc(C)c2C)cc1)C(C)C. The van der Waals surface area contributed by atoms with Gasteiger partial charge in [0.25, 0.3) is 10.0 Å². The molecule has 0 aliphatic carbocycles. The number of methoxy groups -OCH3 is 1. The summed E-state index contributed by atoms with van der Waals surface area (Å²) in [6.07, 6.45) is 0.245. The molecule has 9 nitrogen and oxygen atoms in total. The molecule has 5 rings (SSSR count). The molecule has 1 aromatic heterocycles. The van der Waals surface area contributed by atoms with Crippen LogP contribution in [0.1, 0.15) is 48.6 Å². The normalized spacial score (nSPS) is 13.0. The van der Waals surface area contributed by atoms with E-state index in [2.05, 4.69) is 34.1 Å². The summed E-state index contributed by atoms with van der Waals surface area (Å²) in [5, 5.41) is 3.87. The van der Waals surface area contributed by atoms with Gasteiger partial charge in [-0.15, -0.1) is 0 Å². The number of quaternary nitrogens is 1. The number of nitrogens with zero attached hydrogens (tertiary/aromatic N) is 2. The van der Waals surface area contributed by atoms with Gasteiger partial charge in [-0.1, -0.05) is 84.0 Å². The Morgan fingerprint density at radius 1 is 0.837 bits per heavy atom. The molecule has 49 heavy (non-hydrogen) atoms. The number of carbonyl (C=O) groups excluding carboxylic acids is 1. The quantitative estimate of drug-likeness (QED) is 0.0681. The number of hydrogen-bond acceptors (Lipinski definition) is 7. The predicted molar refractivity (Wildman–Crippen MR) is 193 cm³/mol. The largest absolute Gasteiger partial charge is 0.382 e. The van der Waals surface area contributed by atoms with Gasteiger partial charge in [-0.05, 0) is 62.6 Å². The maximum Gasteiger partial charge on any atom is 0.321 e. The Morgan fingerprint density at radius 3 is 1.98 bits per heavy atom. The number of amides is 1. The van der Waals surface area contributed by atoms with Crippen molar-refractivity contribution in [2.75, 3.05) is 31.8 Å². The number of nitrogens with one attached hydrogen (secondary N) is 1. The number of aryl methyl sites for hydroxylation is 1. The highest BCUT2D eigenvalue weighted by atomic mass is 32.2. The molecule has 0 saturated carbocycles. The molecule has 0 fully saturated rings. The zero-order valence-electron chi connectivity index (χ0n) is 28.6. The molecule has 10 heteroatoms. The van der Waals surface area contributed by atoms with E-state index in [1.165, 1.54) is 0 Å². The van der Waals surface area contributed by atoms with Gasteiger partial charge in [0.2, 0.25) is 5.88 Å². The van der Waals surface area contributed by atoms with E-state index in [-0.39, 0.29) is 46.3 Å². The number of carbonyl (C=O) groups is 1. The first-order valence-electron chi connectivity index (χ1n) is 16.3. The Kier molecular flexibility index (Phi) is 11.5. The third-order valence-corrected chi connectivity index (χ3v) is 10.4. The summed E-state index contributed by atoms with van der Waals surface area (Å²) in [5.74, 6) is -0.0773. The van der Waals surface area contributed by atoms with Gasteiger partial charge in [0, 0.05) is 36.3 Å². The van der Waals surface area contributed by atoms with Crippen LogP contribution in [-0.2, 0) is 24.3 Å². The van der Waals surface area contributed by atoms with Crippen molar-refractivity contribution in [1.82, 2.24) is 9.64 Å². The Balaban J connectivity index is 1.53. The van der Waals surface area contributed by atoms with Gasteiger partial charge in [0.05, 0.1) is 36.3 Å². The van der Waals surface area contributed by atoms with Crippen molar-refractivity contribution in [2.45, 2.75) is 51.0 Å². The van der Waals surface area contributed by atoms with Crippen molar-refractivity contribution in [3.63, 3.8) is 0 Å². The smallest absolute Gasteiger partial charge is 0.321 e. The van der Waals surface area contributed by atoms with E-state index in [0.717, 1.165) is 16.8 Å². The van der Waals surface area contributed by atoms with E-state index in [0.29, 0.717) is 35.6 Å². The van der Waals surface area contributed by atoms with E-state index >= 15 is 0 Å². The molecule has 1 unspecified atom stereocenters. The number of sulfonamides is 1. The van der Waals surface area contributed by atoms with Crippen LogP contribution in [0.4, 0.5) is 11.6 Å². The first-order valence-corrected chi connectivity index (χ1v) is 17.8. The first-order chi connectivity index (χ1) is 23.6. The zero-order chi connectivity index (χ0) is 35.0. The molecule has 0 bridgehead atoms. The molecule has 0 radical (unpaired) electrons. The molecule has 1 amide bonds. The van der Waals surface area contributed by atoms with Crippen LogP contribution in [0.5, 0.6) is 0 Å². The lowest BCUT2D eigenvalue weighted by Gasteiger charge is -2.39. The Morgan fingerprint density at radius 2 is 1.43 bits per heavy atom. The molecule has 1 heterocycles. The summed E-state index contributed by atoms with van der Waals surface area (Å²) in [5.41, 5.74) is 5.26. The van der Waals surface area contributed by atoms with E-state index < -0.39 is 10.0 Å². The van der Waals surface area contributed by atoms with Gasteiger partial charge >= 0.3 is 5.91 Å². The standard InChI is InChI=1S/C39H44N3O6S/c1-28(2)42(27-47-25-24-46-5,38(43)26-36(31-14-8-6-9-15-31)32-16-10-7-11-17-32)34-22-20-33(21-23-34)35-18-12-13-19-37(35)49(44,45)41-39-29(3)30(4)40-48-39/h6-23,28,36,41H,24-27H2,1-5H3/q+1. The van der Waals surface area contributed by atoms with Crippen LogP contribution in [0.2, 0.25) is 0 Å². The molecule has 0 saturated heterocycles. The zero-order valence-corrected chi connectivity index (χ0v) is 29.4. The first kappa shape index (κ1) is 35.7. The lowest BCUT2D eigenvalue weighted by atomic mass is 9.87. The summed E-state index contributed by atoms with van der Waals surface area (Å²) in [6, 6.07) is 34.3. The van der Waals surface area contributed by atoms with Crippen LogP contribution in [-0.4, -0.2) is 52.6 Å². The van der Waals surface area contributed by atoms with E-state index in [9.17, 15) is 13.2 Å². The lowest BCUT2D eigenvalue weighted by molar-refractivity contribution is -0.138. The number of aromatic nitrogens is 1. The lowest BCUT2D eigenvalue weighted by Crippen LogP contribution is -2.60. The maximum absolute atomic E-state index is 14.8. The van der Waals surface area contributed by atoms with Gasteiger partial charge in [-0.2, -0.15) is 0 Å². The summed E-state index contributed by atoms with van der Waals surface area (Å²) < 4.78 is 46.3. The number of anilines is 1. The van der Waals surface area contributed by atoms with Crippen molar-refractivity contribution in [1.29, 1.82) is 0 Å². The van der Waals surface area contributed by atoms with E-state index in [1.54, 1.807) is 45.2 Å². The average Bonchev–Trinajstić information content (AvgIpc) is 3.43. The molecule has 4 aromatic carbocycles. The topological polar surface area (TPSA) is 108 Å². The summed E-state index contributed by atoms with van der Waals surface area (Å²) >= 11 is 0. The van der Waals surface area contributed by atoms with Gasteiger partial charge in [0.1, 0.15) is 5.69 Å². The third-order valence-electron chi connectivity index (χ3n) is 9.04. The molecule has 5 aromatic rings. The third kappa shape index (κ3) is 7.84.